The fourth-order valence-corrected chi connectivity index (χ4v) is 4.86. The van der Waals surface area contributed by atoms with Crippen LogP contribution in [0.15, 0.2) is 67.1 Å². The zero-order valence-corrected chi connectivity index (χ0v) is 17.3. The Morgan fingerprint density at radius 3 is 2.80 bits per heavy atom. The zero-order valence-electron chi connectivity index (χ0n) is 17.3. The number of hydrogen-bond acceptors (Lipinski definition) is 3. The van der Waals surface area contributed by atoms with Crippen LogP contribution in [0.25, 0.3) is 21.7 Å². The molecule has 2 aromatic carbocycles. The van der Waals surface area contributed by atoms with Gasteiger partial charge in [-0.25, -0.2) is 0 Å². The highest BCUT2D eigenvalue weighted by molar-refractivity contribution is 5.83. The van der Waals surface area contributed by atoms with Crippen LogP contribution < -0.4 is 10.5 Å². The van der Waals surface area contributed by atoms with Crippen LogP contribution in [0.3, 0.4) is 0 Å². The maximum Gasteiger partial charge on any atom is 0.120 e. The molecule has 1 aliphatic rings. The van der Waals surface area contributed by atoms with E-state index in [1.807, 2.05) is 18.5 Å². The number of nitrogens with two attached hydrogens (primary N) is 1. The Morgan fingerprint density at radius 2 is 1.90 bits per heavy atom. The summed E-state index contributed by atoms with van der Waals surface area (Å²) >= 11 is 0. The summed E-state index contributed by atoms with van der Waals surface area (Å²) in [7, 11) is 0. The van der Waals surface area contributed by atoms with Crippen molar-refractivity contribution in [1.82, 2.24) is 9.97 Å². The number of aromatic amines is 1. The zero-order chi connectivity index (χ0) is 20.3. The Balaban J connectivity index is 1.13. The third-order valence-corrected chi connectivity index (χ3v) is 6.66. The van der Waals surface area contributed by atoms with Gasteiger partial charge in [0.25, 0.3) is 0 Å². The summed E-state index contributed by atoms with van der Waals surface area (Å²) in [4.78, 5) is 7.55. The van der Waals surface area contributed by atoms with Crippen LogP contribution in [-0.2, 0) is 6.42 Å². The second-order valence-corrected chi connectivity index (χ2v) is 8.60. The molecule has 4 aromatic rings. The van der Waals surface area contributed by atoms with Crippen molar-refractivity contribution in [2.24, 2.45) is 11.7 Å². The molecule has 0 saturated heterocycles. The van der Waals surface area contributed by atoms with Crippen molar-refractivity contribution in [3.63, 3.8) is 0 Å². The number of benzene rings is 2. The van der Waals surface area contributed by atoms with Gasteiger partial charge in [-0.1, -0.05) is 18.2 Å². The van der Waals surface area contributed by atoms with Crippen LogP contribution in [-0.4, -0.2) is 22.1 Å². The molecule has 1 saturated carbocycles. The fraction of sp³-hybridized carbons (Fsp3) is 0.346. The Labute approximate surface area is 177 Å². The summed E-state index contributed by atoms with van der Waals surface area (Å²) in [5.41, 5.74) is 9.20. The highest BCUT2D eigenvalue weighted by Gasteiger charge is 2.26. The van der Waals surface area contributed by atoms with E-state index in [1.54, 1.807) is 0 Å². The van der Waals surface area contributed by atoms with Gasteiger partial charge in [0, 0.05) is 40.9 Å². The SMILES string of the molecule is NC(CCc1c[nH]c2ccccc12)C1CCC(Oc2ccc3cnccc3c2)CC1. The summed E-state index contributed by atoms with van der Waals surface area (Å²) in [5, 5.41) is 3.65. The van der Waals surface area contributed by atoms with E-state index in [9.17, 15) is 0 Å². The van der Waals surface area contributed by atoms with E-state index >= 15 is 0 Å². The van der Waals surface area contributed by atoms with Gasteiger partial charge in [0.2, 0.25) is 0 Å². The number of hydrogen-bond donors (Lipinski definition) is 2. The van der Waals surface area contributed by atoms with Crippen LogP contribution in [0.1, 0.15) is 37.7 Å². The predicted octanol–water partition coefficient (Wildman–Crippen LogP) is 5.61. The van der Waals surface area contributed by atoms with Crippen molar-refractivity contribution in [1.29, 1.82) is 0 Å². The molecule has 0 aliphatic heterocycles. The molecule has 0 radical (unpaired) electrons. The largest absolute Gasteiger partial charge is 0.490 e. The Hall–Kier alpha value is -2.85. The van der Waals surface area contributed by atoms with Crippen LogP contribution in [0.2, 0.25) is 0 Å². The molecule has 5 rings (SSSR count). The molecule has 0 amide bonds. The van der Waals surface area contributed by atoms with Crippen LogP contribution in [0.4, 0.5) is 0 Å². The van der Waals surface area contributed by atoms with Gasteiger partial charge < -0.3 is 15.5 Å². The van der Waals surface area contributed by atoms with Crippen molar-refractivity contribution >= 4 is 21.7 Å². The van der Waals surface area contributed by atoms with Gasteiger partial charge >= 0.3 is 0 Å². The molecular weight excluding hydrogens is 370 g/mol. The van der Waals surface area contributed by atoms with E-state index in [4.69, 9.17) is 10.5 Å². The van der Waals surface area contributed by atoms with Crippen molar-refractivity contribution in [2.45, 2.75) is 50.7 Å². The van der Waals surface area contributed by atoms with E-state index in [0.29, 0.717) is 12.0 Å². The Bertz CT molecular complexity index is 1130. The number of rotatable bonds is 6. The number of nitrogens with one attached hydrogen (secondary N) is 1. The molecule has 2 aromatic heterocycles. The van der Waals surface area contributed by atoms with E-state index in [2.05, 4.69) is 58.6 Å². The van der Waals surface area contributed by atoms with Gasteiger partial charge in [0.05, 0.1) is 6.10 Å². The first-order chi connectivity index (χ1) is 14.8. The number of aryl methyl sites for hydroxylation is 1. The van der Waals surface area contributed by atoms with E-state index in [0.717, 1.165) is 49.7 Å². The molecule has 1 atom stereocenters. The fourth-order valence-electron chi connectivity index (χ4n) is 4.86. The number of aromatic nitrogens is 2. The van der Waals surface area contributed by atoms with Crippen LogP contribution >= 0.6 is 0 Å². The number of fused-ring (bicyclic) bond motifs is 2. The minimum atomic E-state index is 0.257. The summed E-state index contributed by atoms with van der Waals surface area (Å²) in [5.74, 6) is 1.55. The van der Waals surface area contributed by atoms with Gasteiger partial charge in [-0.2, -0.15) is 0 Å². The minimum absolute atomic E-state index is 0.257. The highest BCUT2D eigenvalue weighted by atomic mass is 16.5. The lowest BCUT2D eigenvalue weighted by atomic mass is 9.81. The Kier molecular flexibility index (Phi) is 5.41. The number of pyridine rings is 1. The van der Waals surface area contributed by atoms with E-state index in [1.165, 1.54) is 21.9 Å². The summed E-state index contributed by atoms with van der Waals surface area (Å²) in [6, 6.07) is 17.1. The lowest BCUT2D eigenvalue weighted by Crippen LogP contribution is -2.35. The normalized spacial score (nSPS) is 20.4. The quantitative estimate of drug-likeness (QED) is 0.443. The standard InChI is InChI=1S/C26H29N3O/c27-25(12-8-21-17-29-26-4-2-1-3-24(21)26)18-5-9-22(10-6-18)30-23-11-7-20-16-28-14-13-19(20)15-23/h1-4,7,11,13-18,22,25,29H,5-6,8-10,12,27H2. The predicted molar refractivity (Wildman–Crippen MR) is 123 cm³/mol. The molecule has 1 aliphatic carbocycles. The first-order valence-electron chi connectivity index (χ1n) is 11.1. The van der Waals surface area contributed by atoms with E-state index < -0.39 is 0 Å². The molecule has 3 N–H and O–H groups in total. The third kappa shape index (κ3) is 4.05. The topological polar surface area (TPSA) is 63.9 Å². The lowest BCUT2D eigenvalue weighted by Gasteiger charge is -2.32. The maximum absolute atomic E-state index is 6.61. The first kappa shape index (κ1) is 19.1. The van der Waals surface area contributed by atoms with Crippen molar-refractivity contribution in [2.75, 3.05) is 0 Å². The molecule has 4 nitrogen and oxygen atoms in total. The molecule has 154 valence electrons. The molecule has 1 unspecified atom stereocenters. The summed E-state index contributed by atoms with van der Waals surface area (Å²) < 4.78 is 6.29. The minimum Gasteiger partial charge on any atom is -0.490 e. The molecule has 0 bridgehead atoms. The number of ether oxygens (including phenoxy) is 1. The highest BCUT2D eigenvalue weighted by Crippen LogP contribution is 2.31. The van der Waals surface area contributed by atoms with Gasteiger partial charge in [-0.05, 0) is 85.7 Å². The van der Waals surface area contributed by atoms with Gasteiger partial charge in [-0.15, -0.1) is 0 Å². The second-order valence-electron chi connectivity index (χ2n) is 8.60. The lowest BCUT2D eigenvalue weighted by molar-refractivity contribution is 0.122. The molecule has 0 spiro atoms. The third-order valence-electron chi connectivity index (χ3n) is 6.66. The van der Waals surface area contributed by atoms with Crippen molar-refractivity contribution < 1.29 is 4.74 Å². The number of H-pyrrole nitrogens is 1. The molecule has 30 heavy (non-hydrogen) atoms. The first-order valence-corrected chi connectivity index (χ1v) is 11.1. The number of nitrogens with zero attached hydrogens (tertiary/aromatic N) is 1. The summed E-state index contributed by atoms with van der Waals surface area (Å²) in [6.45, 7) is 0. The average Bonchev–Trinajstić information content (AvgIpc) is 3.21. The molecule has 4 heteroatoms. The molecule has 2 heterocycles. The summed E-state index contributed by atoms with van der Waals surface area (Å²) in [6.07, 6.45) is 12.7. The monoisotopic (exact) mass is 399 g/mol. The smallest absolute Gasteiger partial charge is 0.120 e. The van der Waals surface area contributed by atoms with E-state index in [-0.39, 0.29) is 6.04 Å². The number of para-hydroxylation sites is 1. The molecular formula is C26H29N3O. The van der Waals surface area contributed by atoms with Gasteiger partial charge in [0.15, 0.2) is 0 Å². The second kappa shape index (κ2) is 8.49. The van der Waals surface area contributed by atoms with Crippen molar-refractivity contribution in [3.8, 4) is 5.75 Å². The molecule has 1 fully saturated rings. The average molecular weight is 400 g/mol. The van der Waals surface area contributed by atoms with Crippen LogP contribution in [0, 0.1) is 5.92 Å². The maximum atomic E-state index is 6.61. The van der Waals surface area contributed by atoms with Gasteiger partial charge in [-0.3, -0.25) is 4.98 Å². The van der Waals surface area contributed by atoms with Crippen molar-refractivity contribution in [3.05, 3.63) is 72.7 Å². The Morgan fingerprint density at radius 1 is 1.03 bits per heavy atom. The van der Waals surface area contributed by atoms with Gasteiger partial charge in [0.1, 0.15) is 5.75 Å². The van der Waals surface area contributed by atoms with Crippen LogP contribution in [0.5, 0.6) is 5.75 Å².